The number of sulfonamides is 1. The molecule has 1 N–H and O–H groups in total. The van der Waals surface area contributed by atoms with E-state index in [9.17, 15) is 13.2 Å². The zero-order valence-electron chi connectivity index (χ0n) is 16.2. The molecule has 2 aromatic carbocycles. The van der Waals surface area contributed by atoms with Gasteiger partial charge in [0.2, 0.25) is 10.0 Å². The first-order chi connectivity index (χ1) is 14.0. The van der Waals surface area contributed by atoms with Crippen LogP contribution in [-0.4, -0.2) is 47.5 Å². The van der Waals surface area contributed by atoms with Gasteiger partial charge in [0, 0.05) is 18.8 Å². The summed E-state index contributed by atoms with van der Waals surface area (Å²) in [4.78, 5) is 13.4. The largest absolute Gasteiger partial charge is 0.491 e. The average molecular weight is 420 g/mol. The van der Waals surface area contributed by atoms with Crippen LogP contribution < -0.4 is 14.4 Å². The highest BCUT2D eigenvalue weighted by Crippen LogP contribution is 2.21. The number of carbonyl (C=O) groups is 1. The molecule has 0 saturated carbocycles. The van der Waals surface area contributed by atoms with E-state index < -0.39 is 16.1 Å². The van der Waals surface area contributed by atoms with Crippen LogP contribution in [0.2, 0.25) is 0 Å². The first-order valence-corrected chi connectivity index (χ1v) is 10.8. The highest BCUT2D eigenvalue weighted by molar-refractivity contribution is 7.89. The Labute approximate surface area is 170 Å². The van der Waals surface area contributed by atoms with Crippen molar-refractivity contribution in [2.45, 2.75) is 18.4 Å². The van der Waals surface area contributed by atoms with Crippen LogP contribution in [0.15, 0.2) is 53.4 Å². The Kier molecular flexibility index (Phi) is 7.08. The molecule has 1 heterocycles. The standard InChI is InChI=1S/C20H24N2O6S/c1-2-26-12-13-27-18-6-8-19(9-7-18)29(24,25)21-15-16-4-3-5-17(14-16)22-10-11-28-20(22)23/h3-9,14,21H,2,10-13,15H2,1H3. The van der Waals surface area contributed by atoms with Crippen LogP contribution in [0, 0.1) is 0 Å². The summed E-state index contributed by atoms with van der Waals surface area (Å²) in [6.45, 7) is 4.34. The fourth-order valence-electron chi connectivity index (χ4n) is 2.80. The highest BCUT2D eigenvalue weighted by Gasteiger charge is 2.23. The molecule has 8 nitrogen and oxygen atoms in total. The molecule has 3 rings (SSSR count). The van der Waals surface area contributed by atoms with Crippen LogP contribution in [0.25, 0.3) is 0 Å². The zero-order valence-corrected chi connectivity index (χ0v) is 17.0. The van der Waals surface area contributed by atoms with Gasteiger partial charge in [0.05, 0.1) is 18.0 Å². The lowest BCUT2D eigenvalue weighted by Crippen LogP contribution is -2.25. The minimum atomic E-state index is -3.68. The van der Waals surface area contributed by atoms with E-state index >= 15 is 0 Å². The minimum Gasteiger partial charge on any atom is -0.491 e. The smallest absolute Gasteiger partial charge is 0.414 e. The summed E-state index contributed by atoms with van der Waals surface area (Å²) in [7, 11) is -3.68. The third kappa shape index (κ3) is 5.69. The van der Waals surface area contributed by atoms with Crippen molar-refractivity contribution < 1.29 is 27.4 Å². The van der Waals surface area contributed by atoms with Crippen molar-refractivity contribution in [2.75, 3.05) is 37.9 Å². The number of benzene rings is 2. The molecule has 0 unspecified atom stereocenters. The average Bonchev–Trinajstić information content (AvgIpc) is 3.16. The van der Waals surface area contributed by atoms with Gasteiger partial charge < -0.3 is 14.2 Å². The van der Waals surface area contributed by atoms with Crippen molar-refractivity contribution >= 4 is 21.8 Å². The van der Waals surface area contributed by atoms with Gasteiger partial charge in [-0.1, -0.05) is 12.1 Å². The molecule has 2 aromatic rings. The predicted molar refractivity (Wildman–Crippen MR) is 108 cm³/mol. The Morgan fingerprint density at radius 1 is 1.14 bits per heavy atom. The van der Waals surface area contributed by atoms with Gasteiger partial charge in [-0.25, -0.2) is 17.9 Å². The third-order valence-electron chi connectivity index (χ3n) is 4.28. The molecular weight excluding hydrogens is 396 g/mol. The number of cyclic esters (lactones) is 1. The molecular formula is C20H24N2O6S. The SMILES string of the molecule is CCOCCOc1ccc(S(=O)(=O)NCc2cccc(N3CCOC3=O)c2)cc1. The maximum atomic E-state index is 12.6. The number of carbonyl (C=O) groups excluding carboxylic acids is 1. The summed E-state index contributed by atoms with van der Waals surface area (Å²) < 4.78 is 43.3. The number of ether oxygens (including phenoxy) is 3. The van der Waals surface area contributed by atoms with Crippen LogP contribution in [0.4, 0.5) is 10.5 Å². The molecule has 1 aliphatic rings. The Balaban J connectivity index is 1.59. The molecule has 0 aliphatic carbocycles. The summed E-state index contributed by atoms with van der Waals surface area (Å²) in [5.74, 6) is 0.578. The van der Waals surface area contributed by atoms with Gasteiger partial charge in [-0.05, 0) is 48.9 Å². The Morgan fingerprint density at radius 2 is 1.93 bits per heavy atom. The van der Waals surface area contributed by atoms with Crippen molar-refractivity contribution in [3.63, 3.8) is 0 Å². The number of hydrogen-bond acceptors (Lipinski definition) is 6. The lowest BCUT2D eigenvalue weighted by atomic mass is 10.2. The fraction of sp³-hybridized carbons (Fsp3) is 0.350. The molecule has 1 aliphatic heterocycles. The van der Waals surface area contributed by atoms with E-state index in [1.807, 2.05) is 6.92 Å². The number of anilines is 1. The van der Waals surface area contributed by atoms with E-state index in [2.05, 4.69) is 4.72 Å². The highest BCUT2D eigenvalue weighted by atomic mass is 32.2. The number of nitrogens with zero attached hydrogens (tertiary/aromatic N) is 1. The van der Waals surface area contributed by atoms with E-state index in [0.29, 0.717) is 44.4 Å². The monoisotopic (exact) mass is 420 g/mol. The number of rotatable bonds is 10. The Hall–Kier alpha value is -2.62. The predicted octanol–water partition coefficient (Wildman–Crippen LogP) is 2.54. The van der Waals surface area contributed by atoms with E-state index in [-0.39, 0.29) is 11.4 Å². The van der Waals surface area contributed by atoms with E-state index in [4.69, 9.17) is 14.2 Å². The Bertz CT molecular complexity index is 930. The minimum absolute atomic E-state index is 0.103. The van der Waals surface area contributed by atoms with Crippen LogP contribution in [0.5, 0.6) is 5.75 Å². The van der Waals surface area contributed by atoms with Gasteiger partial charge >= 0.3 is 6.09 Å². The van der Waals surface area contributed by atoms with Crippen LogP contribution >= 0.6 is 0 Å². The first kappa shape index (κ1) is 21.1. The lowest BCUT2D eigenvalue weighted by molar-refractivity contribution is 0.110. The molecule has 0 atom stereocenters. The fourth-order valence-corrected chi connectivity index (χ4v) is 3.82. The molecule has 0 spiro atoms. The number of hydrogen-bond donors (Lipinski definition) is 1. The van der Waals surface area contributed by atoms with Crippen molar-refractivity contribution in [2.24, 2.45) is 0 Å². The second-order valence-electron chi connectivity index (χ2n) is 6.28. The van der Waals surface area contributed by atoms with Gasteiger partial charge in [-0.3, -0.25) is 4.90 Å². The van der Waals surface area contributed by atoms with Crippen molar-refractivity contribution in [1.29, 1.82) is 0 Å². The summed E-state index contributed by atoms with van der Waals surface area (Å²) in [6.07, 6.45) is -0.397. The number of amides is 1. The maximum absolute atomic E-state index is 12.6. The lowest BCUT2D eigenvalue weighted by Gasteiger charge is -2.14. The van der Waals surface area contributed by atoms with Crippen molar-refractivity contribution in [1.82, 2.24) is 4.72 Å². The first-order valence-electron chi connectivity index (χ1n) is 9.33. The number of nitrogens with one attached hydrogen (secondary N) is 1. The summed E-state index contributed by atoms with van der Waals surface area (Å²) in [5, 5.41) is 0. The molecule has 1 saturated heterocycles. The van der Waals surface area contributed by atoms with Gasteiger partial charge in [-0.15, -0.1) is 0 Å². The van der Waals surface area contributed by atoms with Crippen molar-refractivity contribution in [3.8, 4) is 5.75 Å². The van der Waals surface area contributed by atoms with E-state index in [1.165, 1.54) is 17.0 Å². The van der Waals surface area contributed by atoms with Crippen LogP contribution in [-0.2, 0) is 26.0 Å². The molecule has 0 bridgehead atoms. The molecule has 9 heteroatoms. The second kappa shape index (κ2) is 9.73. The molecule has 0 aromatic heterocycles. The molecule has 1 amide bonds. The van der Waals surface area contributed by atoms with Gasteiger partial charge in [0.15, 0.2) is 0 Å². The van der Waals surface area contributed by atoms with E-state index in [0.717, 1.165) is 5.56 Å². The molecule has 156 valence electrons. The normalized spacial score (nSPS) is 14.1. The summed E-state index contributed by atoms with van der Waals surface area (Å²) in [6, 6.07) is 13.3. The van der Waals surface area contributed by atoms with Gasteiger partial charge in [-0.2, -0.15) is 0 Å². The Morgan fingerprint density at radius 3 is 2.62 bits per heavy atom. The van der Waals surface area contributed by atoms with E-state index in [1.54, 1.807) is 36.4 Å². The van der Waals surface area contributed by atoms with Gasteiger partial charge in [0.25, 0.3) is 0 Å². The van der Waals surface area contributed by atoms with Crippen LogP contribution in [0.1, 0.15) is 12.5 Å². The van der Waals surface area contributed by atoms with Crippen LogP contribution in [0.3, 0.4) is 0 Å². The van der Waals surface area contributed by atoms with Crippen molar-refractivity contribution in [3.05, 3.63) is 54.1 Å². The molecule has 29 heavy (non-hydrogen) atoms. The van der Waals surface area contributed by atoms with Gasteiger partial charge in [0.1, 0.15) is 19.0 Å². The topological polar surface area (TPSA) is 94.2 Å². The second-order valence-corrected chi connectivity index (χ2v) is 8.04. The zero-order chi connectivity index (χ0) is 20.7. The summed E-state index contributed by atoms with van der Waals surface area (Å²) in [5.41, 5.74) is 1.42. The molecule has 0 radical (unpaired) electrons. The molecule has 1 fully saturated rings. The quantitative estimate of drug-likeness (QED) is 0.594. The third-order valence-corrected chi connectivity index (χ3v) is 5.70. The maximum Gasteiger partial charge on any atom is 0.414 e. The summed E-state index contributed by atoms with van der Waals surface area (Å²) >= 11 is 0.